The van der Waals surface area contributed by atoms with Crippen LogP contribution in [0.1, 0.15) is 29.7 Å². The molecule has 2 aromatic rings. The first-order chi connectivity index (χ1) is 9.26. The molecule has 1 aromatic carbocycles. The largest absolute Gasteiger partial charge is 0.494 e. The van der Waals surface area contributed by atoms with Crippen LogP contribution in [0.3, 0.4) is 0 Å². The third kappa shape index (κ3) is 2.89. The number of benzene rings is 1. The lowest BCUT2D eigenvalue weighted by molar-refractivity contribution is 0.338. The molecule has 0 saturated carbocycles. The molecule has 0 radical (unpaired) electrons. The Morgan fingerprint density at radius 1 is 1.37 bits per heavy atom. The van der Waals surface area contributed by atoms with Crippen molar-refractivity contribution >= 4 is 0 Å². The van der Waals surface area contributed by atoms with E-state index in [0.29, 0.717) is 12.3 Å². The summed E-state index contributed by atoms with van der Waals surface area (Å²) in [6, 6.07) is 9.83. The van der Waals surface area contributed by atoms with Gasteiger partial charge in [0.25, 0.3) is 0 Å². The van der Waals surface area contributed by atoms with Crippen LogP contribution in [-0.4, -0.2) is 16.6 Å². The molecule has 0 saturated heterocycles. The van der Waals surface area contributed by atoms with Crippen LogP contribution in [0.25, 0.3) is 0 Å². The molecule has 0 aliphatic heterocycles. The van der Waals surface area contributed by atoms with E-state index in [9.17, 15) is 5.26 Å². The maximum atomic E-state index is 9.35. The summed E-state index contributed by atoms with van der Waals surface area (Å²) in [6.45, 7) is 4.56. The lowest BCUT2D eigenvalue weighted by Gasteiger charge is -2.12. The highest BCUT2D eigenvalue weighted by Gasteiger charge is 2.15. The van der Waals surface area contributed by atoms with E-state index < -0.39 is 0 Å². The second-order valence-electron chi connectivity index (χ2n) is 4.15. The van der Waals surface area contributed by atoms with Crippen molar-refractivity contribution < 1.29 is 4.74 Å². The molecule has 96 valence electrons. The van der Waals surface area contributed by atoms with Crippen LogP contribution in [0.2, 0.25) is 0 Å². The zero-order chi connectivity index (χ0) is 13.7. The summed E-state index contributed by atoms with van der Waals surface area (Å²) in [5, 5.41) is 9.35. The van der Waals surface area contributed by atoms with Gasteiger partial charge in [-0.2, -0.15) is 5.26 Å². The number of hydrogen-bond acceptors (Lipinski definition) is 4. The fraction of sp³-hybridized carbons (Fsp3) is 0.267. The van der Waals surface area contributed by atoms with Gasteiger partial charge < -0.3 is 4.74 Å². The molecular weight excluding hydrogens is 238 g/mol. The minimum Gasteiger partial charge on any atom is -0.494 e. The number of aryl methyl sites for hydroxylation is 1. The molecule has 1 heterocycles. The molecule has 1 aromatic heterocycles. The topological polar surface area (TPSA) is 58.8 Å². The number of aromatic nitrogens is 2. The summed E-state index contributed by atoms with van der Waals surface area (Å²) in [5.41, 5.74) is 2.65. The normalized spacial score (nSPS) is 11.6. The summed E-state index contributed by atoms with van der Waals surface area (Å²) < 4.78 is 5.50. The van der Waals surface area contributed by atoms with Gasteiger partial charge in [-0.1, -0.05) is 12.1 Å². The smallest absolute Gasteiger partial charge is 0.122 e. The predicted octanol–water partition coefficient (Wildman–Crippen LogP) is 2.84. The first-order valence-electron chi connectivity index (χ1n) is 6.15. The Kier molecular flexibility index (Phi) is 4.09. The number of nitriles is 1. The van der Waals surface area contributed by atoms with E-state index in [-0.39, 0.29) is 5.92 Å². The molecule has 0 N–H and O–H groups in total. The fourth-order valence-electron chi connectivity index (χ4n) is 1.95. The molecule has 1 atom stereocenters. The molecular formula is C15H15N3O. The molecule has 0 spiro atoms. The van der Waals surface area contributed by atoms with E-state index in [2.05, 4.69) is 16.0 Å². The average Bonchev–Trinajstić information content (AvgIpc) is 2.44. The van der Waals surface area contributed by atoms with Gasteiger partial charge in [0.05, 0.1) is 18.4 Å². The van der Waals surface area contributed by atoms with Crippen LogP contribution < -0.4 is 4.74 Å². The quantitative estimate of drug-likeness (QED) is 0.840. The first-order valence-corrected chi connectivity index (χ1v) is 6.15. The molecule has 0 aliphatic carbocycles. The Labute approximate surface area is 112 Å². The summed E-state index contributed by atoms with van der Waals surface area (Å²) in [5.74, 6) is 0.475. The Hall–Kier alpha value is -2.41. The Balaban J connectivity index is 2.35. The van der Waals surface area contributed by atoms with Crippen LogP contribution in [0.15, 0.2) is 36.8 Å². The second-order valence-corrected chi connectivity index (χ2v) is 4.15. The van der Waals surface area contributed by atoms with Crippen molar-refractivity contribution in [3.63, 3.8) is 0 Å². The standard InChI is InChI=1S/C15H15N3O/c1-3-19-15-5-4-12(8-11(15)2)13(9-16)14-6-7-17-10-18-14/h4-8,10,13H,3H2,1-2H3. The van der Waals surface area contributed by atoms with Gasteiger partial charge in [-0.3, -0.25) is 0 Å². The average molecular weight is 253 g/mol. The summed E-state index contributed by atoms with van der Waals surface area (Å²) in [7, 11) is 0. The lowest BCUT2D eigenvalue weighted by atomic mass is 9.95. The molecule has 0 aliphatic rings. The van der Waals surface area contributed by atoms with Gasteiger partial charge in [-0.25, -0.2) is 9.97 Å². The second kappa shape index (κ2) is 5.96. The SMILES string of the molecule is CCOc1ccc(C(C#N)c2ccncn2)cc1C. The van der Waals surface area contributed by atoms with E-state index in [0.717, 1.165) is 16.9 Å². The minimum atomic E-state index is -0.377. The van der Waals surface area contributed by atoms with Crippen LogP contribution in [0.5, 0.6) is 5.75 Å². The molecule has 4 nitrogen and oxygen atoms in total. The van der Waals surface area contributed by atoms with Gasteiger partial charge >= 0.3 is 0 Å². The maximum absolute atomic E-state index is 9.35. The van der Waals surface area contributed by atoms with Crippen LogP contribution in [0, 0.1) is 18.3 Å². The molecule has 0 amide bonds. The van der Waals surface area contributed by atoms with Crippen LogP contribution in [-0.2, 0) is 0 Å². The van der Waals surface area contributed by atoms with Gasteiger partial charge in [0.1, 0.15) is 18.0 Å². The van der Waals surface area contributed by atoms with Crippen molar-refractivity contribution in [2.24, 2.45) is 0 Å². The van der Waals surface area contributed by atoms with Gasteiger partial charge in [-0.05, 0) is 37.1 Å². The number of ether oxygens (including phenoxy) is 1. The molecule has 1 unspecified atom stereocenters. The first kappa shape index (κ1) is 13.0. The summed E-state index contributed by atoms with van der Waals surface area (Å²) in [4.78, 5) is 8.02. The highest BCUT2D eigenvalue weighted by molar-refractivity contribution is 5.42. The molecule has 0 bridgehead atoms. The maximum Gasteiger partial charge on any atom is 0.122 e. The molecule has 2 rings (SSSR count). The van der Waals surface area contributed by atoms with E-state index >= 15 is 0 Å². The van der Waals surface area contributed by atoms with E-state index in [1.54, 1.807) is 12.3 Å². The molecule has 4 heteroatoms. The van der Waals surface area contributed by atoms with Crippen LogP contribution >= 0.6 is 0 Å². The third-order valence-electron chi connectivity index (χ3n) is 2.86. The molecule has 19 heavy (non-hydrogen) atoms. The Morgan fingerprint density at radius 2 is 2.21 bits per heavy atom. The zero-order valence-electron chi connectivity index (χ0n) is 11.0. The van der Waals surface area contributed by atoms with Crippen molar-refractivity contribution in [1.29, 1.82) is 5.26 Å². The van der Waals surface area contributed by atoms with Gasteiger partial charge in [0.15, 0.2) is 0 Å². The zero-order valence-corrected chi connectivity index (χ0v) is 11.0. The van der Waals surface area contributed by atoms with E-state index in [4.69, 9.17) is 4.74 Å². The Bertz CT molecular complexity index is 590. The fourth-order valence-corrected chi connectivity index (χ4v) is 1.95. The number of hydrogen-bond donors (Lipinski definition) is 0. The lowest BCUT2D eigenvalue weighted by Crippen LogP contribution is -2.02. The highest BCUT2D eigenvalue weighted by atomic mass is 16.5. The number of rotatable bonds is 4. The van der Waals surface area contributed by atoms with Crippen LogP contribution in [0.4, 0.5) is 0 Å². The summed E-state index contributed by atoms with van der Waals surface area (Å²) in [6.07, 6.45) is 3.11. The van der Waals surface area contributed by atoms with Gasteiger partial charge in [0.2, 0.25) is 0 Å². The Morgan fingerprint density at radius 3 is 2.79 bits per heavy atom. The van der Waals surface area contributed by atoms with Crippen molar-refractivity contribution in [2.45, 2.75) is 19.8 Å². The van der Waals surface area contributed by atoms with Gasteiger partial charge in [0, 0.05) is 6.20 Å². The van der Waals surface area contributed by atoms with Crippen molar-refractivity contribution in [3.8, 4) is 11.8 Å². The summed E-state index contributed by atoms with van der Waals surface area (Å²) >= 11 is 0. The van der Waals surface area contributed by atoms with E-state index in [1.165, 1.54) is 6.33 Å². The van der Waals surface area contributed by atoms with Crippen molar-refractivity contribution in [3.05, 3.63) is 53.6 Å². The molecule has 0 fully saturated rings. The van der Waals surface area contributed by atoms with Crippen molar-refractivity contribution in [1.82, 2.24) is 9.97 Å². The van der Waals surface area contributed by atoms with Crippen molar-refractivity contribution in [2.75, 3.05) is 6.61 Å². The van der Waals surface area contributed by atoms with Gasteiger partial charge in [-0.15, -0.1) is 0 Å². The highest BCUT2D eigenvalue weighted by Crippen LogP contribution is 2.27. The third-order valence-corrected chi connectivity index (χ3v) is 2.86. The monoisotopic (exact) mass is 253 g/mol. The van der Waals surface area contributed by atoms with E-state index in [1.807, 2.05) is 32.0 Å². The predicted molar refractivity (Wildman–Crippen MR) is 71.8 cm³/mol. The minimum absolute atomic E-state index is 0.377. The number of nitrogens with zero attached hydrogens (tertiary/aromatic N) is 3.